The van der Waals surface area contributed by atoms with Gasteiger partial charge in [-0.25, -0.2) is 4.99 Å². The molecule has 1 aromatic carbocycles. The summed E-state index contributed by atoms with van der Waals surface area (Å²) >= 11 is 0. The van der Waals surface area contributed by atoms with Gasteiger partial charge in [0.15, 0.2) is 5.82 Å². The largest absolute Gasteiger partial charge is 0.352 e. The normalized spacial score (nSPS) is 21.1. The summed E-state index contributed by atoms with van der Waals surface area (Å²) in [5.74, 6) is 1.17. The molecule has 2 heterocycles. The molecule has 2 amide bonds. The summed E-state index contributed by atoms with van der Waals surface area (Å²) in [6, 6.07) is 7.92. The van der Waals surface area contributed by atoms with Crippen LogP contribution in [0.1, 0.15) is 62.2 Å². The summed E-state index contributed by atoms with van der Waals surface area (Å²) < 4.78 is 0. The van der Waals surface area contributed by atoms with E-state index >= 15 is 0 Å². The quantitative estimate of drug-likeness (QED) is 0.485. The molecule has 1 saturated carbocycles. The number of hydrogen-bond donors (Lipinski definition) is 2. The molecule has 2 fully saturated rings. The highest BCUT2D eigenvalue weighted by atomic mass is 16.2. The van der Waals surface area contributed by atoms with Crippen molar-refractivity contribution >= 4 is 30.2 Å². The first kappa shape index (κ1) is 25.9. The minimum atomic E-state index is -0.0500. The molecule has 0 aromatic heterocycles. The molecule has 0 bridgehead atoms. The third-order valence-electron chi connectivity index (χ3n) is 7.62. The summed E-state index contributed by atoms with van der Waals surface area (Å²) in [4.78, 5) is 40.4. The van der Waals surface area contributed by atoms with Crippen LogP contribution in [0, 0.1) is 0 Å². The van der Waals surface area contributed by atoms with Crippen LogP contribution >= 0.6 is 0 Å². The minimum Gasteiger partial charge on any atom is -0.352 e. The second kappa shape index (κ2) is 11.7. The van der Waals surface area contributed by atoms with Gasteiger partial charge in [-0.05, 0) is 83.7 Å². The van der Waals surface area contributed by atoms with Gasteiger partial charge in [-0.15, -0.1) is 0 Å². The minimum absolute atomic E-state index is 0.0500. The second-order valence-electron chi connectivity index (χ2n) is 10.1. The first-order valence-corrected chi connectivity index (χ1v) is 13.0. The van der Waals surface area contributed by atoms with Gasteiger partial charge < -0.3 is 25.3 Å². The molecule has 194 valence electrons. The Bertz CT molecular complexity index is 1020. The summed E-state index contributed by atoms with van der Waals surface area (Å²) in [5.41, 5.74) is 2.20. The number of nitrogens with zero attached hydrogens (tertiary/aromatic N) is 5. The maximum absolute atomic E-state index is 12.7. The number of anilines is 1. The van der Waals surface area contributed by atoms with Gasteiger partial charge in [0.05, 0.1) is 5.70 Å². The van der Waals surface area contributed by atoms with Crippen LogP contribution in [0.15, 0.2) is 45.8 Å². The molecule has 3 aliphatic rings. The lowest BCUT2D eigenvalue weighted by molar-refractivity contribution is -0.127. The van der Waals surface area contributed by atoms with Gasteiger partial charge in [-0.2, -0.15) is 4.99 Å². The van der Waals surface area contributed by atoms with E-state index in [2.05, 4.69) is 39.2 Å². The van der Waals surface area contributed by atoms with Crippen LogP contribution in [0.3, 0.4) is 0 Å². The number of guanidine groups is 1. The first-order valence-electron chi connectivity index (χ1n) is 13.0. The molecule has 9 nitrogen and oxygen atoms in total. The Morgan fingerprint density at radius 3 is 2.33 bits per heavy atom. The molecule has 0 spiro atoms. The van der Waals surface area contributed by atoms with Crippen LogP contribution in [0.25, 0.3) is 0 Å². The number of piperidine rings is 1. The fraction of sp³-hybridized carbons (Fsp3) is 0.556. The van der Waals surface area contributed by atoms with Crippen molar-refractivity contribution in [2.45, 2.75) is 64.0 Å². The summed E-state index contributed by atoms with van der Waals surface area (Å²) in [7, 11) is 3.91. The highest BCUT2D eigenvalue weighted by molar-refractivity contribution is 5.98. The molecule has 2 aliphatic heterocycles. The number of amides is 2. The number of hydrogen-bond acceptors (Lipinski definition) is 5. The molecule has 0 unspecified atom stereocenters. The zero-order chi connectivity index (χ0) is 25.7. The summed E-state index contributed by atoms with van der Waals surface area (Å²) in [5, 5.41) is 6.38. The van der Waals surface area contributed by atoms with E-state index < -0.39 is 0 Å². The predicted molar refractivity (Wildman–Crippen MR) is 144 cm³/mol. The van der Waals surface area contributed by atoms with Crippen LogP contribution in [0.4, 0.5) is 5.69 Å². The second-order valence-corrected chi connectivity index (χ2v) is 10.1. The molecule has 1 aromatic rings. The molecule has 36 heavy (non-hydrogen) atoms. The van der Waals surface area contributed by atoms with Crippen molar-refractivity contribution in [1.29, 1.82) is 0 Å². The molecular weight excluding hydrogens is 454 g/mol. The van der Waals surface area contributed by atoms with Crippen molar-refractivity contribution in [3.63, 3.8) is 0 Å². The van der Waals surface area contributed by atoms with Gasteiger partial charge >= 0.3 is 0 Å². The van der Waals surface area contributed by atoms with E-state index in [1.807, 2.05) is 19.1 Å². The topological polar surface area (TPSA) is 92.6 Å². The number of benzene rings is 1. The van der Waals surface area contributed by atoms with Gasteiger partial charge in [-0.1, -0.05) is 12.8 Å². The molecule has 0 atom stereocenters. The third-order valence-corrected chi connectivity index (χ3v) is 7.62. The lowest BCUT2D eigenvalue weighted by Gasteiger charge is -2.30. The maximum atomic E-state index is 12.7. The van der Waals surface area contributed by atoms with E-state index in [4.69, 9.17) is 4.99 Å². The number of likely N-dealkylation sites (tertiary alicyclic amines) is 1. The molecule has 2 N–H and O–H groups in total. The highest BCUT2D eigenvalue weighted by Crippen LogP contribution is 2.31. The SMILES string of the molecule is C=N/C(=N\C1=C(C)N(C)C(=O)CCN1C1CCCC1)Nc1ccc(C(=O)NC2CCN(C)CC2)cc1. The molecule has 0 radical (unpaired) electrons. The van der Waals surface area contributed by atoms with Crippen LogP contribution in [-0.4, -0.2) is 85.0 Å². The maximum Gasteiger partial charge on any atom is 0.251 e. The fourth-order valence-electron chi connectivity index (χ4n) is 5.21. The average molecular weight is 494 g/mol. The lowest BCUT2D eigenvalue weighted by atomic mass is 10.0. The number of nitrogens with one attached hydrogen (secondary N) is 2. The van der Waals surface area contributed by atoms with Crippen LogP contribution in [-0.2, 0) is 4.79 Å². The van der Waals surface area contributed by atoms with E-state index in [0.29, 0.717) is 30.5 Å². The van der Waals surface area contributed by atoms with E-state index in [9.17, 15) is 9.59 Å². The highest BCUT2D eigenvalue weighted by Gasteiger charge is 2.30. The van der Waals surface area contributed by atoms with E-state index in [0.717, 1.165) is 56.0 Å². The fourth-order valence-corrected chi connectivity index (χ4v) is 5.21. The Morgan fingerprint density at radius 1 is 1.03 bits per heavy atom. The van der Waals surface area contributed by atoms with Crippen molar-refractivity contribution in [2.24, 2.45) is 9.98 Å². The number of allylic oxidation sites excluding steroid dienone is 1. The van der Waals surface area contributed by atoms with E-state index in [-0.39, 0.29) is 17.9 Å². The molecular formula is C27H39N7O2. The van der Waals surface area contributed by atoms with Crippen molar-refractivity contribution in [3.8, 4) is 0 Å². The smallest absolute Gasteiger partial charge is 0.251 e. The molecule has 9 heteroatoms. The monoisotopic (exact) mass is 493 g/mol. The van der Waals surface area contributed by atoms with Gasteiger partial charge in [0.1, 0.15) is 0 Å². The van der Waals surface area contributed by atoms with Crippen molar-refractivity contribution in [3.05, 3.63) is 41.3 Å². The lowest BCUT2D eigenvalue weighted by Crippen LogP contribution is -2.43. The number of rotatable bonds is 5. The molecule has 4 rings (SSSR count). The Morgan fingerprint density at radius 2 is 1.69 bits per heavy atom. The molecule has 1 aliphatic carbocycles. The van der Waals surface area contributed by atoms with Gasteiger partial charge in [0.2, 0.25) is 11.9 Å². The molecule has 1 saturated heterocycles. The van der Waals surface area contributed by atoms with Crippen LogP contribution < -0.4 is 10.6 Å². The Kier molecular flexibility index (Phi) is 8.40. The van der Waals surface area contributed by atoms with Crippen molar-refractivity contribution in [1.82, 2.24) is 20.0 Å². The van der Waals surface area contributed by atoms with Crippen LogP contribution in [0.5, 0.6) is 0 Å². The zero-order valence-electron chi connectivity index (χ0n) is 21.8. The average Bonchev–Trinajstić information content (AvgIpc) is 3.39. The van der Waals surface area contributed by atoms with Crippen LogP contribution in [0.2, 0.25) is 0 Å². The predicted octanol–water partition coefficient (Wildman–Crippen LogP) is 3.27. The standard InChI is InChI=1S/C27H39N7O2/c1-19-25(34(23-7-5-6-8-23)18-15-24(35)33(19)4)31-27(28-2)30-21-11-9-20(10-12-21)26(36)29-22-13-16-32(3)17-14-22/h9-12,22-23H,2,5-8,13-18H2,1,3-4H3,(H,29,36)(H,30,31). The zero-order valence-corrected chi connectivity index (χ0v) is 21.8. The number of carbonyl (C=O) groups excluding carboxylic acids is 2. The van der Waals surface area contributed by atoms with Gasteiger partial charge in [0, 0.05) is 43.3 Å². The third kappa shape index (κ3) is 6.13. The van der Waals surface area contributed by atoms with Crippen molar-refractivity contribution < 1.29 is 9.59 Å². The number of carbonyl (C=O) groups is 2. The van der Waals surface area contributed by atoms with Gasteiger partial charge in [0.25, 0.3) is 5.91 Å². The van der Waals surface area contributed by atoms with E-state index in [1.54, 1.807) is 24.1 Å². The number of aliphatic imine (C=N–C) groups is 2. The summed E-state index contributed by atoms with van der Waals surface area (Å²) in [6.45, 7) is 8.30. The van der Waals surface area contributed by atoms with Gasteiger partial charge in [-0.3, -0.25) is 9.59 Å². The Hall–Kier alpha value is -3.20. The Labute approximate surface area is 214 Å². The summed E-state index contributed by atoms with van der Waals surface area (Å²) in [6.07, 6.45) is 7.02. The Balaban J connectivity index is 1.48. The van der Waals surface area contributed by atoms with Crippen molar-refractivity contribution in [2.75, 3.05) is 39.0 Å². The first-order chi connectivity index (χ1) is 17.4. The van der Waals surface area contributed by atoms with E-state index in [1.165, 1.54) is 12.8 Å².